The molecule has 2 saturated heterocycles. The molecule has 3 rings (SSSR count). The Labute approximate surface area is 173 Å². The molecular formula is C22H33N3O4. The molecule has 0 bridgehead atoms. The van der Waals surface area contributed by atoms with E-state index in [-0.39, 0.29) is 23.8 Å². The Morgan fingerprint density at radius 2 is 1.83 bits per heavy atom. The molecule has 29 heavy (non-hydrogen) atoms. The Morgan fingerprint density at radius 1 is 1.10 bits per heavy atom. The van der Waals surface area contributed by atoms with Crippen molar-refractivity contribution in [2.75, 3.05) is 33.3 Å². The van der Waals surface area contributed by atoms with Crippen molar-refractivity contribution in [1.82, 2.24) is 9.80 Å². The molecule has 2 fully saturated rings. The molecule has 160 valence electrons. The van der Waals surface area contributed by atoms with Crippen LogP contribution in [0, 0.1) is 5.92 Å². The molecule has 0 radical (unpaired) electrons. The molecular weight excluding hydrogens is 370 g/mol. The van der Waals surface area contributed by atoms with E-state index in [2.05, 4.69) is 18.7 Å². The van der Waals surface area contributed by atoms with E-state index in [1.807, 2.05) is 0 Å². The lowest BCUT2D eigenvalue weighted by Crippen LogP contribution is -2.44. The molecule has 7 heteroatoms. The Hall–Kier alpha value is -2.28. The van der Waals surface area contributed by atoms with Crippen molar-refractivity contribution in [3.63, 3.8) is 0 Å². The quantitative estimate of drug-likeness (QED) is 0.788. The molecule has 1 unspecified atom stereocenters. The number of nitrogens with two attached hydrogens (primary N) is 1. The Kier molecular flexibility index (Phi) is 7.00. The number of hydrogen-bond acceptors (Lipinski definition) is 5. The normalized spacial score (nSPS) is 21.2. The van der Waals surface area contributed by atoms with E-state index < -0.39 is 0 Å². The van der Waals surface area contributed by atoms with Gasteiger partial charge in [-0.3, -0.25) is 9.59 Å². The molecule has 2 N–H and O–H groups in total. The van der Waals surface area contributed by atoms with E-state index in [0.29, 0.717) is 36.2 Å². The molecule has 0 aromatic heterocycles. The number of carbonyl (C=O) groups is 2. The van der Waals surface area contributed by atoms with Gasteiger partial charge in [-0.25, -0.2) is 0 Å². The van der Waals surface area contributed by atoms with E-state index in [1.54, 1.807) is 30.2 Å². The summed E-state index contributed by atoms with van der Waals surface area (Å²) >= 11 is 0. The van der Waals surface area contributed by atoms with Gasteiger partial charge in [-0.15, -0.1) is 0 Å². The van der Waals surface area contributed by atoms with Crippen molar-refractivity contribution < 1.29 is 19.1 Å². The molecule has 0 aliphatic carbocycles. The number of likely N-dealkylation sites (tertiary alicyclic amines) is 2. The van der Waals surface area contributed by atoms with Crippen molar-refractivity contribution in [2.45, 2.75) is 51.7 Å². The summed E-state index contributed by atoms with van der Waals surface area (Å²) in [6.07, 6.45) is 3.54. The third-order valence-corrected chi connectivity index (χ3v) is 6.02. The van der Waals surface area contributed by atoms with Crippen molar-refractivity contribution in [3.05, 3.63) is 23.8 Å². The summed E-state index contributed by atoms with van der Waals surface area (Å²) in [6.45, 7) is 7.45. The van der Waals surface area contributed by atoms with Crippen LogP contribution in [0.1, 0.15) is 49.9 Å². The van der Waals surface area contributed by atoms with Gasteiger partial charge in [0.15, 0.2) is 11.5 Å². The van der Waals surface area contributed by atoms with Gasteiger partial charge in [0.2, 0.25) is 5.91 Å². The number of benzene rings is 1. The molecule has 2 amide bonds. The highest BCUT2D eigenvalue weighted by atomic mass is 16.5. The van der Waals surface area contributed by atoms with Crippen molar-refractivity contribution >= 4 is 11.8 Å². The first-order valence-electron chi connectivity index (χ1n) is 10.6. The fraction of sp³-hybridized carbons (Fsp3) is 0.636. The van der Waals surface area contributed by atoms with Crippen molar-refractivity contribution in [3.8, 4) is 11.5 Å². The average Bonchev–Trinajstić information content (AvgIpc) is 2.73. The standard InChI is InChI=1S/C22H33N3O4/c1-15(2)24-11-8-18(9-12-24)29-20-13-16(6-7-19(20)28-3)22(27)25-10-4-5-17(14-25)21(23)26/h6-7,13,15,17-18H,4-5,8-12,14H2,1-3H3,(H2,23,26). The first-order valence-corrected chi connectivity index (χ1v) is 10.6. The highest BCUT2D eigenvalue weighted by Gasteiger charge is 2.28. The lowest BCUT2D eigenvalue weighted by Gasteiger charge is -2.35. The third kappa shape index (κ3) is 5.21. The number of primary amides is 1. The number of nitrogens with zero attached hydrogens (tertiary/aromatic N) is 2. The maximum absolute atomic E-state index is 13.0. The van der Waals surface area contributed by atoms with Gasteiger partial charge in [0, 0.05) is 37.8 Å². The molecule has 2 aliphatic heterocycles. The monoisotopic (exact) mass is 403 g/mol. The Balaban J connectivity index is 1.70. The van der Waals surface area contributed by atoms with Gasteiger partial charge >= 0.3 is 0 Å². The van der Waals surface area contributed by atoms with Gasteiger partial charge in [-0.2, -0.15) is 0 Å². The van der Waals surface area contributed by atoms with Gasteiger partial charge < -0.3 is 25.0 Å². The highest BCUT2D eigenvalue weighted by molar-refractivity contribution is 5.95. The number of ether oxygens (including phenoxy) is 2. The van der Waals surface area contributed by atoms with Crippen LogP contribution in [0.3, 0.4) is 0 Å². The smallest absolute Gasteiger partial charge is 0.254 e. The predicted octanol–water partition coefficient (Wildman–Crippen LogP) is 2.28. The lowest BCUT2D eigenvalue weighted by molar-refractivity contribution is -0.123. The van der Waals surface area contributed by atoms with Crippen LogP contribution in [0.2, 0.25) is 0 Å². The second-order valence-electron chi connectivity index (χ2n) is 8.31. The minimum atomic E-state index is -0.339. The maximum Gasteiger partial charge on any atom is 0.254 e. The Morgan fingerprint density at radius 3 is 2.45 bits per heavy atom. The summed E-state index contributed by atoms with van der Waals surface area (Å²) in [7, 11) is 1.60. The number of carbonyl (C=O) groups excluding carboxylic acids is 2. The van der Waals surface area contributed by atoms with Gasteiger partial charge in [0.05, 0.1) is 13.0 Å². The summed E-state index contributed by atoms with van der Waals surface area (Å²) in [6, 6.07) is 5.84. The summed E-state index contributed by atoms with van der Waals surface area (Å²) in [5.74, 6) is 0.520. The topological polar surface area (TPSA) is 85.1 Å². The highest BCUT2D eigenvalue weighted by Crippen LogP contribution is 2.32. The van der Waals surface area contributed by atoms with E-state index >= 15 is 0 Å². The number of piperidine rings is 2. The van der Waals surface area contributed by atoms with Crippen LogP contribution >= 0.6 is 0 Å². The van der Waals surface area contributed by atoms with E-state index in [1.165, 1.54) is 0 Å². The molecule has 2 heterocycles. The van der Waals surface area contributed by atoms with Crippen molar-refractivity contribution in [2.24, 2.45) is 11.7 Å². The number of hydrogen-bond donors (Lipinski definition) is 1. The van der Waals surface area contributed by atoms with Crippen LogP contribution in [0.4, 0.5) is 0 Å². The second kappa shape index (κ2) is 9.48. The summed E-state index contributed by atoms with van der Waals surface area (Å²) < 4.78 is 11.7. The number of amides is 2. The molecule has 7 nitrogen and oxygen atoms in total. The van der Waals surface area contributed by atoms with Gasteiger partial charge in [-0.05, 0) is 57.7 Å². The van der Waals surface area contributed by atoms with Gasteiger partial charge in [-0.1, -0.05) is 0 Å². The number of rotatable bonds is 6. The fourth-order valence-electron chi connectivity index (χ4n) is 4.17. The minimum Gasteiger partial charge on any atom is -0.493 e. The van der Waals surface area contributed by atoms with Gasteiger partial charge in [0.1, 0.15) is 6.10 Å². The van der Waals surface area contributed by atoms with Crippen LogP contribution in [0.5, 0.6) is 11.5 Å². The van der Waals surface area contributed by atoms with E-state index in [9.17, 15) is 9.59 Å². The molecule has 0 spiro atoms. The third-order valence-electron chi connectivity index (χ3n) is 6.02. The first-order chi connectivity index (χ1) is 13.9. The summed E-state index contributed by atoms with van der Waals surface area (Å²) in [5.41, 5.74) is 5.99. The summed E-state index contributed by atoms with van der Waals surface area (Å²) in [4.78, 5) is 28.7. The minimum absolute atomic E-state index is 0.0990. The lowest BCUT2D eigenvalue weighted by atomic mass is 9.97. The molecule has 1 atom stereocenters. The number of methoxy groups -OCH3 is 1. The zero-order chi connectivity index (χ0) is 21.0. The SMILES string of the molecule is COc1ccc(C(=O)N2CCCC(C(N)=O)C2)cc1OC1CCN(C(C)C)CC1. The van der Waals surface area contributed by atoms with Crippen LogP contribution < -0.4 is 15.2 Å². The molecule has 1 aromatic carbocycles. The average molecular weight is 404 g/mol. The molecule has 1 aromatic rings. The van der Waals surface area contributed by atoms with Crippen LogP contribution in [-0.2, 0) is 4.79 Å². The van der Waals surface area contributed by atoms with Crippen molar-refractivity contribution in [1.29, 1.82) is 0 Å². The molecule has 2 aliphatic rings. The fourth-order valence-corrected chi connectivity index (χ4v) is 4.17. The van der Waals surface area contributed by atoms with Crippen LogP contribution in [0.25, 0.3) is 0 Å². The Bertz CT molecular complexity index is 729. The van der Waals surface area contributed by atoms with Gasteiger partial charge in [0.25, 0.3) is 5.91 Å². The largest absolute Gasteiger partial charge is 0.493 e. The summed E-state index contributed by atoms with van der Waals surface area (Å²) in [5, 5.41) is 0. The zero-order valence-corrected chi connectivity index (χ0v) is 17.7. The van der Waals surface area contributed by atoms with Crippen LogP contribution in [-0.4, -0.2) is 67.0 Å². The second-order valence-corrected chi connectivity index (χ2v) is 8.31. The van der Waals surface area contributed by atoms with Crippen LogP contribution in [0.15, 0.2) is 18.2 Å². The van der Waals surface area contributed by atoms with E-state index in [0.717, 1.165) is 38.8 Å². The predicted molar refractivity (Wildman–Crippen MR) is 111 cm³/mol. The van der Waals surface area contributed by atoms with E-state index in [4.69, 9.17) is 15.2 Å². The molecule has 0 saturated carbocycles. The maximum atomic E-state index is 13.0. The first kappa shape index (κ1) is 21.4. The zero-order valence-electron chi connectivity index (χ0n) is 17.7.